The van der Waals surface area contributed by atoms with Gasteiger partial charge >= 0.3 is 0 Å². The molecule has 0 aliphatic rings. The summed E-state index contributed by atoms with van der Waals surface area (Å²) in [5.74, 6) is -0.725. The minimum Gasteiger partial charge on any atom is -0.385 e. The van der Waals surface area contributed by atoms with E-state index in [0.29, 0.717) is 22.2 Å². The largest absolute Gasteiger partial charge is 0.385 e. The summed E-state index contributed by atoms with van der Waals surface area (Å²) in [7, 11) is 0. The Bertz CT molecular complexity index is 863. The van der Waals surface area contributed by atoms with Crippen LogP contribution in [0.4, 0.5) is 8.78 Å². The number of benzene rings is 1. The first-order chi connectivity index (χ1) is 12.4. The number of halogens is 2. The number of pyridine rings is 1. The first-order valence-corrected chi connectivity index (χ1v) is 9.04. The van der Waals surface area contributed by atoms with E-state index in [1.807, 2.05) is 26.0 Å². The molecular formula is C19H19F2N3OS. The molecule has 0 spiro atoms. The highest BCUT2D eigenvalue weighted by Crippen LogP contribution is 2.34. The van der Waals surface area contributed by atoms with Crippen LogP contribution in [-0.2, 0) is 6.42 Å². The molecule has 4 nitrogen and oxygen atoms in total. The van der Waals surface area contributed by atoms with Crippen LogP contribution in [0.1, 0.15) is 43.0 Å². The van der Waals surface area contributed by atoms with E-state index in [0.717, 1.165) is 17.3 Å². The molecule has 0 saturated heterocycles. The van der Waals surface area contributed by atoms with Gasteiger partial charge in [-0.3, -0.25) is 4.98 Å². The summed E-state index contributed by atoms with van der Waals surface area (Å²) in [4.78, 5) is 12.1. The number of aliphatic hydroxyl groups excluding tert-OH is 1. The molecule has 1 unspecified atom stereocenters. The lowest BCUT2D eigenvalue weighted by atomic mass is 10.1. The average molecular weight is 375 g/mol. The van der Waals surface area contributed by atoms with Gasteiger partial charge in [0.2, 0.25) is 0 Å². The van der Waals surface area contributed by atoms with Crippen LogP contribution in [-0.4, -0.2) is 20.1 Å². The van der Waals surface area contributed by atoms with Crippen LogP contribution in [0.5, 0.6) is 0 Å². The van der Waals surface area contributed by atoms with E-state index in [2.05, 4.69) is 15.0 Å². The summed E-state index contributed by atoms with van der Waals surface area (Å²) in [6, 6.07) is 7.05. The number of imidazole rings is 1. The number of nitrogens with one attached hydrogen (secondary N) is 1. The molecule has 7 heteroatoms. The second-order valence-electron chi connectivity index (χ2n) is 6.28. The zero-order chi connectivity index (χ0) is 18.7. The number of H-pyrrole nitrogens is 1. The Morgan fingerprint density at radius 1 is 1.19 bits per heavy atom. The zero-order valence-corrected chi connectivity index (χ0v) is 15.2. The van der Waals surface area contributed by atoms with Gasteiger partial charge in [0, 0.05) is 29.8 Å². The van der Waals surface area contributed by atoms with Gasteiger partial charge in [-0.25, -0.2) is 13.8 Å². The van der Waals surface area contributed by atoms with E-state index >= 15 is 0 Å². The molecule has 0 saturated carbocycles. The van der Waals surface area contributed by atoms with E-state index in [1.165, 1.54) is 23.9 Å². The number of aromatic nitrogens is 3. The van der Waals surface area contributed by atoms with E-state index in [1.54, 1.807) is 12.4 Å². The second-order valence-corrected chi connectivity index (χ2v) is 7.35. The normalized spacial score (nSPS) is 12.5. The predicted octanol–water partition coefficient (Wildman–Crippen LogP) is 4.63. The van der Waals surface area contributed by atoms with Crippen molar-refractivity contribution in [2.75, 3.05) is 0 Å². The maximum Gasteiger partial charge on any atom is 0.136 e. The monoisotopic (exact) mass is 375 g/mol. The Kier molecular flexibility index (Phi) is 5.68. The fourth-order valence-corrected chi connectivity index (χ4v) is 3.66. The maximum absolute atomic E-state index is 13.4. The van der Waals surface area contributed by atoms with Crippen LogP contribution in [0, 0.1) is 11.6 Å². The van der Waals surface area contributed by atoms with Crippen LogP contribution in [0.25, 0.3) is 0 Å². The molecule has 0 radical (unpaired) electrons. The minimum atomic E-state index is -0.824. The number of aliphatic hydroxyl groups is 1. The zero-order valence-electron chi connectivity index (χ0n) is 14.4. The van der Waals surface area contributed by atoms with Crippen molar-refractivity contribution in [3.05, 3.63) is 71.4 Å². The molecule has 2 N–H and O–H groups in total. The number of rotatable bonds is 6. The average Bonchev–Trinajstić information content (AvgIpc) is 2.99. The van der Waals surface area contributed by atoms with Crippen LogP contribution in [0.2, 0.25) is 0 Å². The highest BCUT2D eigenvalue weighted by atomic mass is 32.2. The van der Waals surface area contributed by atoms with Crippen molar-refractivity contribution < 1.29 is 13.9 Å². The Labute approximate surface area is 154 Å². The Morgan fingerprint density at radius 3 is 2.54 bits per heavy atom. The smallest absolute Gasteiger partial charge is 0.136 e. The molecule has 2 heterocycles. The van der Waals surface area contributed by atoms with Gasteiger partial charge < -0.3 is 10.1 Å². The lowest BCUT2D eigenvalue weighted by Crippen LogP contribution is -2.04. The van der Waals surface area contributed by atoms with Crippen LogP contribution in [0.15, 0.2) is 52.6 Å². The van der Waals surface area contributed by atoms with Crippen molar-refractivity contribution in [3.63, 3.8) is 0 Å². The first kappa shape index (κ1) is 18.5. The minimum absolute atomic E-state index is 0.114. The van der Waals surface area contributed by atoms with Gasteiger partial charge in [0.05, 0.1) is 5.69 Å². The third kappa shape index (κ3) is 4.47. The van der Waals surface area contributed by atoms with Crippen molar-refractivity contribution in [2.24, 2.45) is 0 Å². The molecule has 0 fully saturated rings. The van der Waals surface area contributed by atoms with Crippen LogP contribution in [0.3, 0.4) is 0 Å². The molecule has 3 rings (SSSR count). The summed E-state index contributed by atoms with van der Waals surface area (Å²) in [6.07, 6.45) is 2.92. The number of aromatic amines is 1. The van der Waals surface area contributed by atoms with Gasteiger partial charge in [-0.05, 0) is 29.7 Å². The van der Waals surface area contributed by atoms with Gasteiger partial charge in [0.15, 0.2) is 0 Å². The van der Waals surface area contributed by atoms with Gasteiger partial charge in [-0.2, -0.15) is 0 Å². The van der Waals surface area contributed by atoms with Crippen molar-refractivity contribution in [3.8, 4) is 0 Å². The standard InChI is InChI=1S/C19H19F2N3OS/c1-11(2)17-19(26-15-8-13(20)7-14(21)9-15)24-18(23-17)16(25)6-12-4-3-5-22-10-12/h3-5,7-11,16,25H,6H2,1-2H3,(H,23,24). The van der Waals surface area contributed by atoms with Crippen molar-refractivity contribution >= 4 is 11.8 Å². The molecule has 2 aromatic heterocycles. The van der Waals surface area contributed by atoms with Crippen LogP contribution < -0.4 is 0 Å². The SMILES string of the molecule is CC(C)c1[nH]c(C(O)Cc2cccnc2)nc1Sc1cc(F)cc(F)c1. The molecule has 1 aromatic carbocycles. The Balaban J connectivity index is 1.86. The van der Waals surface area contributed by atoms with Crippen LogP contribution >= 0.6 is 11.8 Å². The van der Waals surface area contributed by atoms with Crippen molar-refractivity contribution in [1.82, 2.24) is 15.0 Å². The third-order valence-corrected chi connectivity index (χ3v) is 4.79. The quantitative estimate of drug-likeness (QED) is 0.659. The molecule has 26 heavy (non-hydrogen) atoms. The predicted molar refractivity (Wildman–Crippen MR) is 96.1 cm³/mol. The molecular weight excluding hydrogens is 356 g/mol. The highest BCUT2D eigenvalue weighted by Gasteiger charge is 2.20. The van der Waals surface area contributed by atoms with Gasteiger partial charge in [0.1, 0.15) is 28.6 Å². The summed E-state index contributed by atoms with van der Waals surface area (Å²) < 4.78 is 26.9. The fourth-order valence-electron chi connectivity index (χ4n) is 2.55. The Morgan fingerprint density at radius 2 is 1.92 bits per heavy atom. The fraction of sp³-hybridized carbons (Fsp3) is 0.263. The van der Waals surface area contributed by atoms with Gasteiger partial charge in [-0.1, -0.05) is 31.7 Å². The molecule has 0 aliphatic carbocycles. The van der Waals surface area contributed by atoms with E-state index in [-0.39, 0.29) is 5.92 Å². The molecule has 0 aliphatic heterocycles. The molecule has 0 amide bonds. The molecule has 0 bridgehead atoms. The first-order valence-electron chi connectivity index (χ1n) is 8.23. The molecule has 1 atom stereocenters. The summed E-state index contributed by atoms with van der Waals surface area (Å²) in [5.41, 5.74) is 1.71. The second kappa shape index (κ2) is 7.97. The van der Waals surface area contributed by atoms with Gasteiger partial charge in [0.25, 0.3) is 0 Å². The van der Waals surface area contributed by atoms with E-state index in [4.69, 9.17) is 0 Å². The summed E-state index contributed by atoms with van der Waals surface area (Å²) in [5, 5.41) is 11.1. The Hall–Kier alpha value is -2.25. The van der Waals surface area contributed by atoms with Gasteiger partial charge in [-0.15, -0.1) is 0 Å². The highest BCUT2D eigenvalue weighted by molar-refractivity contribution is 7.99. The number of hydrogen-bond acceptors (Lipinski definition) is 4. The number of nitrogens with zero attached hydrogens (tertiary/aromatic N) is 2. The van der Waals surface area contributed by atoms with Crippen molar-refractivity contribution in [2.45, 2.75) is 42.2 Å². The topological polar surface area (TPSA) is 61.8 Å². The van der Waals surface area contributed by atoms with Crippen molar-refractivity contribution in [1.29, 1.82) is 0 Å². The summed E-state index contributed by atoms with van der Waals surface area (Å²) >= 11 is 1.17. The van der Waals surface area contributed by atoms with E-state index < -0.39 is 17.7 Å². The lowest BCUT2D eigenvalue weighted by Gasteiger charge is -2.07. The van der Waals surface area contributed by atoms with E-state index in [9.17, 15) is 13.9 Å². The number of hydrogen-bond donors (Lipinski definition) is 2. The maximum atomic E-state index is 13.4. The molecule has 136 valence electrons. The summed E-state index contributed by atoms with van der Waals surface area (Å²) in [6.45, 7) is 3.97. The lowest BCUT2D eigenvalue weighted by molar-refractivity contribution is 0.169. The third-order valence-electron chi connectivity index (χ3n) is 3.81. The molecule has 3 aromatic rings.